The first kappa shape index (κ1) is 24.9. The summed E-state index contributed by atoms with van der Waals surface area (Å²) in [5, 5.41) is 9.93. The lowest BCUT2D eigenvalue weighted by Crippen LogP contribution is -2.04. The van der Waals surface area contributed by atoms with E-state index in [-0.39, 0.29) is 5.56 Å². The third kappa shape index (κ3) is 5.58. The van der Waals surface area contributed by atoms with Crippen LogP contribution in [-0.4, -0.2) is 27.7 Å². The molecule has 4 aromatic rings. The number of nitrogens with zero attached hydrogens (tertiary/aromatic N) is 2. The summed E-state index contributed by atoms with van der Waals surface area (Å²) in [4.78, 5) is 15.5. The average Bonchev–Trinajstić information content (AvgIpc) is 3.26. The van der Waals surface area contributed by atoms with Gasteiger partial charge in [0.2, 0.25) is 0 Å². The molecule has 0 unspecified atom stereocenters. The van der Waals surface area contributed by atoms with Crippen molar-refractivity contribution in [1.82, 2.24) is 9.55 Å². The molecule has 0 aliphatic carbocycles. The number of hydrogen-bond donors (Lipinski definition) is 1. The molecule has 34 heavy (non-hydrogen) atoms. The number of aryl methyl sites for hydroxylation is 1. The SMILES string of the molecule is CC.COc1ccc(COc2ccc(Cl)cc2-c2ccc(C)n2-c2cncc(C(=O)O)c2)cc1. The van der Waals surface area contributed by atoms with Gasteiger partial charge in [-0.25, -0.2) is 4.79 Å². The van der Waals surface area contributed by atoms with Crippen molar-refractivity contribution in [3.05, 3.63) is 94.9 Å². The maximum Gasteiger partial charge on any atom is 0.337 e. The van der Waals surface area contributed by atoms with Crippen LogP contribution in [0.15, 0.2) is 73.1 Å². The van der Waals surface area contributed by atoms with Crippen LogP contribution in [0.4, 0.5) is 0 Å². The molecule has 0 radical (unpaired) electrons. The van der Waals surface area contributed by atoms with Crippen LogP contribution in [0.5, 0.6) is 11.5 Å². The number of aromatic carboxylic acids is 1. The Labute approximate surface area is 204 Å². The lowest BCUT2D eigenvalue weighted by molar-refractivity contribution is 0.0696. The number of hydrogen-bond acceptors (Lipinski definition) is 4. The quantitative estimate of drug-likeness (QED) is 0.315. The highest BCUT2D eigenvalue weighted by Crippen LogP contribution is 2.36. The number of halogens is 1. The van der Waals surface area contributed by atoms with E-state index in [1.54, 1.807) is 25.4 Å². The first-order valence-electron chi connectivity index (χ1n) is 10.9. The summed E-state index contributed by atoms with van der Waals surface area (Å²) in [5.74, 6) is 0.412. The molecule has 0 spiro atoms. The zero-order valence-corrected chi connectivity index (χ0v) is 20.3. The van der Waals surface area contributed by atoms with Gasteiger partial charge in [0.15, 0.2) is 0 Å². The zero-order chi connectivity index (χ0) is 24.7. The summed E-state index contributed by atoms with van der Waals surface area (Å²) in [6.45, 7) is 6.31. The monoisotopic (exact) mass is 478 g/mol. The van der Waals surface area contributed by atoms with Gasteiger partial charge in [0.05, 0.1) is 30.3 Å². The highest BCUT2D eigenvalue weighted by atomic mass is 35.5. The largest absolute Gasteiger partial charge is 0.497 e. The van der Waals surface area contributed by atoms with E-state index in [1.165, 1.54) is 6.20 Å². The lowest BCUT2D eigenvalue weighted by Gasteiger charge is -2.16. The molecule has 7 heteroatoms. The Bertz CT molecular complexity index is 1270. The second kappa shape index (κ2) is 11.4. The summed E-state index contributed by atoms with van der Waals surface area (Å²) in [7, 11) is 1.63. The molecule has 2 aromatic heterocycles. The van der Waals surface area contributed by atoms with E-state index in [4.69, 9.17) is 21.1 Å². The van der Waals surface area contributed by atoms with E-state index in [1.807, 2.05) is 73.9 Å². The van der Waals surface area contributed by atoms with Gasteiger partial charge in [0.25, 0.3) is 0 Å². The van der Waals surface area contributed by atoms with Crippen molar-refractivity contribution in [3.8, 4) is 28.4 Å². The van der Waals surface area contributed by atoms with Crippen LogP contribution in [0.1, 0.15) is 35.5 Å². The number of carboxylic acids is 1. The van der Waals surface area contributed by atoms with Gasteiger partial charge < -0.3 is 19.1 Å². The minimum atomic E-state index is -1.03. The summed E-state index contributed by atoms with van der Waals surface area (Å²) in [5.41, 5.74) is 4.29. The number of aromatic nitrogens is 2. The third-order valence-electron chi connectivity index (χ3n) is 5.08. The van der Waals surface area contributed by atoms with E-state index in [0.29, 0.717) is 23.1 Å². The predicted molar refractivity (Wildman–Crippen MR) is 134 cm³/mol. The molecular formula is C27H27ClN2O4. The standard InChI is InChI=1S/C25H21ClN2O4.C2H6/c1-16-3-9-23(28(16)20-11-18(25(29)30)13-27-14-20)22-12-19(26)6-10-24(22)32-15-17-4-7-21(31-2)8-5-17;1-2/h3-14H,15H2,1-2H3,(H,29,30);1-2H3. The number of pyridine rings is 1. The highest BCUT2D eigenvalue weighted by Gasteiger charge is 2.16. The van der Waals surface area contributed by atoms with Crippen LogP contribution in [0.3, 0.4) is 0 Å². The van der Waals surface area contributed by atoms with Gasteiger partial charge in [0.1, 0.15) is 18.1 Å². The summed E-state index contributed by atoms with van der Waals surface area (Å²) in [6, 6.07) is 18.6. The van der Waals surface area contributed by atoms with Crippen molar-refractivity contribution in [2.45, 2.75) is 27.4 Å². The molecule has 4 rings (SSSR count). The van der Waals surface area contributed by atoms with Gasteiger partial charge >= 0.3 is 5.97 Å². The van der Waals surface area contributed by atoms with Crippen LogP contribution in [0.2, 0.25) is 5.02 Å². The van der Waals surface area contributed by atoms with Gasteiger partial charge in [-0.3, -0.25) is 4.98 Å². The second-order valence-electron chi connectivity index (χ2n) is 7.21. The molecule has 0 saturated heterocycles. The number of carbonyl (C=O) groups is 1. The zero-order valence-electron chi connectivity index (χ0n) is 19.6. The van der Waals surface area contributed by atoms with Crippen molar-refractivity contribution in [1.29, 1.82) is 0 Å². The van der Waals surface area contributed by atoms with E-state index >= 15 is 0 Å². The molecule has 1 N–H and O–H groups in total. The maximum atomic E-state index is 11.4. The van der Waals surface area contributed by atoms with Crippen molar-refractivity contribution >= 4 is 17.6 Å². The van der Waals surface area contributed by atoms with E-state index < -0.39 is 5.97 Å². The molecule has 0 atom stereocenters. The number of methoxy groups -OCH3 is 1. The second-order valence-corrected chi connectivity index (χ2v) is 7.65. The van der Waals surface area contributed by atoms with Gasteiger partial charge in [-0.05, 0) is 61.0 Å². The van der Waals surface area contributed by atoms with E-state index in [9.17, 15) is 9.90 Å². The van der Waals surface area contributed by atoms with E-state index in [2.05, 4.69) is 4.98 Å². The van der Waals surface area contributed by atoms with Crippen LogP contribution >= 0.6 is 11.6 Å². The van der Waals surface area contributed by atoms with Crippen LogP contribution in [0.25, 0.3) is 16.9 Å². The molecular weight excluding hydrogens is 452 g/mol. The van der Waals surface area contributed by atoms with Crippen molar-refractivity contribution < 1.29 is 19.4 Å². The minimum Gasteiger partial charge on any atom is -0.497 e. The van der Waals surface area contributed by atoms with Crippen molar-refractivity contribution in [2.75, 3.05) is 7.11 Å². The molecule has 6 nitrogen and oxygen atoms in total. The number of rotatable bonds is 7. The van der Waals surface area contributed by atoms with Crippen LogP contribution < -0.4 is 9.47 Å². The van der Waals surface area contributed by atoms with E-state index in [0.717, 1.165) is 28.3 Å². The molecule has 0 aliphatic rings. The normalized spacial score (nSPS) is 10.3. The first-order chi connectivity index (χ1) is 16.5. The van der Waals surface area contributed by atoms with Crippen LogP contribution in [-0.2, 0) is 6.61 Å². The number of carboxylic acid groups (broad SMARTS) is 1. The summed E-state index contributed by atoms with van der Waals surface area (Å²) in [6.07, 6.45) is 2.96. The molecule has 176 valence electrons. The Morgan fingerprint density at radius 2 is 1.76 bits per heavy atom. The molecule has 0 amide bonds. The number of ether oxygens (including phenoxy) is 2. The van der Waals surface area contributed by atoms with Gasteiger partial charge in [-0.15, -0.1) is 0 Å². The highest BCUT2D eigenvalue weighted by molar-refractivity contribution is 6.31. The van der Waals surface area contributed by atoms with Gasteiger partial charge in [-0.2, -0.15) is 0 Å². The Hall–Kier alpha value is -3.77. The smallest absolute Gasteiger partial charge is 0.337 e. The summed E-state index contributed by atoms with van der Waals surface area (Å²) >= 11 is 6.32. The van der Waals surface area contributed by atoms with Crippen LogP contribution in [0, 0.1) is 6.92 Å². The maximum absolute atomic E-state index is 11.4. The first-order valence-corrected chi connectivity index (χ1v) is 11.3. The molecule has 0 bridgehead atoms. The molecule has 0 fully saturated rings. The fourth-order valence-electron chi connectivity index (χ4n) is 3.47. The van der Waals surface area contributed by atoms with Crippen molar-refractivity contribution in [2.24, 2.45) is 0 Å². The Balaban J connectivity index is 0.00000158. The fraction of sp³-hybridized carbons (Fsp3) is 0.185. The van der Waals surface area contributed by atoms with Gasteiger partial charge in [-0.1, -0.05) is 37.6 Å². The third-order valence-corrected chi connectivity index (χ3v) is 5.31. The Morgan fingerprint density at radius 1 is 1.03 bits per heavy atom. The van der Waals surface area contributed by atoms with Crippen molar-refractivity contribution in [3.63, 3.8) is 0 Å². The minimum absolute atomic E-state index is 0.114. The average molecular weight is 479 g/mol. The number of benzene rings is 2. The molecule has 2 heterocycles. The topological polar surface area (TPSA) is 73.6 Å². The van der Waals surface area contributed by atoms with Gasteiger partial charge in [0, 0.05) is 22.5 Å². The fourth-order valence-corrected chi connectivity index (χ4v) is 3.64. The Kier molecular flexibility index (Phi) is 8.33. The molecule has 0 aliphatic heterocycles. The lowest BCUT2D eigenvalue weighted by atomic mass is 10.1. The Morgan fingerprint density at radius 3 is 2.44 bits per heavy atom. The predicted octanol–water partition coefficient (Wildman–Crippen LogP) is 6.81. The molecule has 0 saturated carbocycles. The molecule has 2 aromatic carbocycles. The summed E-state index contributed by atoms with van der Waals surface area (Å²) < 4.78 is 13.3.